The Morgan fingerprint density at radius 3 is 1.97 bits per heavy atom. The lowest BCUT2D eigenvalue weighted by atomic mass is 9.89. The van der Waals surface area contributed by atoms with E-state index in [4.69, 9.17) is 0 Å². The lowest BCUT2D eigenvalue weighted by Crippen LogP contribution is -2.59. The van der Waals surface area contributed by atoms with E-state index >= 15 is 0 Å². The molecule has 1 fully saturated rings. The molecule has 4 rings (SSSR count). The van der Waals surface area contributed by atoms with Crippen LogP contribution in [0.25, 0.3) is 0 Å². The smallest absolute Gasteiger partial charge is 0.327 e. The third-order valence-electron chi connectivity index (χ3n) is 6.10. The minimum Gasteiger partial charge on any atom is -0.480 e. The van der Waals surface area contributed by atoms with Crippen molar-refractivity contribution in [1.29, 1.82) is 0 Å². The minimum atomic E-state index is -0.978. The van der Waals surface area contributed by atoms with Gasteiger partial charge in [-0.25, -0.2) is 4.79 Å². The van der Waals surface area contributed by atoms with Crippen LogP contribution >= 0.6 is 0 Å². The third kappa shape index (κ3) is 5.72. The van der Waals surface area contributed by atoms with Crippen LogP contribution in [0.1, 0.15) is 29.0 Å². The van der Waals surface area contributed by atoms with Gasteiger partial charge in [0.25, 0.3) is 0 Å². The van der Waals surface area contributed by atoms with Crippen LogP contribution in [0.5, 0.6) is 0 Å². The maximum Gasteiger partial charge on any atom is 0.327 e. The molecule has 0 aliphatic carbocycles. The SMILES string of the molecule is O=C(O)[C@@H]1CN(CCC#Cc2ccccc2)CCN1C(=O)C(c1ccccc1)c1ccccc1. The average Bonchev–Trinajstić information content (AvgIpc) is 2.88. The quantitative estimate of drug-likeness (QED) is 0.577. The van der Waals surface area contributed by atoms with E-state index < -0.39 is 17.9 Å². The molecule has 3 aromatic carbocycles. The summed E-state index contributed by atoms with van der Waals surface area (Å²) in [6.45, 7) is 1.97. The predicted octanol–water partition coefficient (Wildman–Crippen LogP) is 3.86. The van der Waals surface area contributed by atoms with E-state index in [0.29, 0.717) is 32.6 Å². The monoisotopic (exact) mass is 452 g/mol. The van der Waals surface area contributed by atoms with Gasteiger partial charge in [-0.2, -0.15) is 0 Å². The second-order valence-corrected chi connectivity index (χ2v) is 8.36. The molecule has 0 spiro atoms. The van der Waals surface area contributed by atoms with E-state index in [1.165, 1.54) is 0 Å². The molecule has 5 nitrogen and oxygen atoms in total. The first-order chi connectivity index (χ1) is 16.6. The summed E-state index contributed by atoms with van der Waals surface area (Å²) in [7, 11) is 0. The van der Waals surface area contributed by atoms with E-state index in [9.17, 15) is 14.7 Å². The summed E-state index contributed by atoms with van der Waals surface area (Å²) in [4.78, 5) is 29.6. The molecule has 172 valence electrons. The molecule has 0 aromatic heterocycles. The van der Waals surface area contributed by atoms with Gasteiger partial charge in [-0.3, -0.25) is 9.69 Å². The van der Waals surface area contributed by atoms with Crippen molar-refractivity contribution in [2.24, 2.45) is 0 Å². The van der Waals surface area contributed by atoms with Gasteiger partial charge in [0, 0.05) is 38.2 Å². The zero-order chi connectivity index (χ0) is 23.8. The molecule has 1 heterocycles. The van der Waals surface area contributed by atoms with E-state index in [-0.39, 0.29) is 5.91 Å². The lowest BCUT2D eigenvalue weighted by Gasteiger charge is -2.40. The highest BCUT2D eigenvalue weighted by molar-refractivity contribution is 5.91. The normalized spacial score (nSPS) is 16.0. The lowest BCUT2D eigenvalue weighted by molar-refractivity contribution is -0.154. The molecule has 1 saturated heterocycles. The van der Waals surface area contributed by atoms with Gasteiger partial charge in [0.15, 0.2) is 0 Å². The van der Waals surface area contributed by atoms with Crippen LogP contribution in [0, 0.1) is 11.8 Å². The summed E-state index contributed by atoms with van der Waals surface area (Å²) in [5.41, 5.74) is 2.69. The molecule has 34 heavy (non-hydrogen) atoms. The van der Waals surface area contributed by atoms with Gasteiger partial charge in [0.2, 0.25) is 5.91 Å². The number of carboxylic acid groups (broad SMARTS) is 1. The van der Waals surface area contributed by atoms with Crippen molar-refractivity contribution < 1.29 is 14.7 Å². The maximum atomic E-state index is 13.8. The molecular formula is C29H28N2O3. The molecule has 1 atom stereocenters. The van der Waals surface area contributed by atoms with Crippen LogP contribution in [-0.2, 0) is 9.59 Å². The number of benzene rings is 3. The predicted molar refractivity (Wildman–Crippen MR) is 132 cm³/mol. The highest BCUT2D eigenvalue weighted by atomic mass is 16.4. The molecule has 0 unspecified atom stereocenters. The molecule has 0 bridgehead atoms. The standard InChI is InChI=1S/C29H28N2O3/c32-28(27(24-15-6-2-7-16-24)25-17-8-3-9-18-25)31-21-20-30(22-26(31)29(33)34)19-11-10-14-23-12-4-1-5-13-23/h1-9,12-13,15-18,26-27H,11,19-22H2,(H,33,34)/t26-/m0/s1. The molecule has 5 heteroatoms. The fourth-order valence-electron chi connectivity index (χ4n) is 4.35. The van der Waals surface area contributed by atoms with Gasteiger partial charge in [-0.1, -0.05) is 90.7 Å². The second kappa shape index (κ2) is 11.3. The Morgan fingerprint density at radius 1 is 0.853 bits per heavy atom. The molecule has 0 radical (unpaired) electrons. The molecule has 1 amide bonds. The van der Waals surface area contributed by atoms with E-state index in [1.54, 1.807) is 4.90 Å². The molecule has 1 aliphatic heterocycles. The van der Waals surface area contributed by atoms with E-state index in [0.717, 1.165) is 16.7 Å². The van der Waals surface area contributed by atoms with Crippen molar-refractivity contribution >= 4 is 11.9 Å². The van der Waals surface area contributed by atoms with Crippen LogP contribution in [0.3, 0.4) is 0 Å². The highest BCUT2D eigenvalue weighted by Gasteiger charge is 2.38. The largest absolute Gasteiger partial charge is 0.480 e. The first-order valence-electron chi connectivity index (χ1n) is 11.5. The minimum absolute atomic E-state index is 0.173. The van der Waals surface area contributed by atoms with Crippen LogP contribution in [0.2, 0.25) is 0 Å². The number of nitrogens with zero attached hydrogens (tertiary/aromatic N) is 2. The molecule has 1 N–H and O–H groups in total. The fourth-order valence-corrected chi connectivity index (χ4v) is 4.35. The Hall–Kier alpha value is -3.88. The number of hydrogen-bond donors (Lipinski definition) is 1. The summed E-state index contributed by atoms with van der Waals surface area (Å²) < 4.78 is 0. The zero-order valence-corrected chi connectivity index (χ0v) is 19.0. The molecular weight excluding hydrogens is 424 g/mol. The maximum absolute atomic E-state index is 13.8. The van der Waals surface area contributed by atoms with Gasteiger partial charge < -0.3 is 10.0 Å². The van der Waals surface area contributed by atoms with Crippen molar-refractivity contribution in [1.82, 2.24) is 9.80 Å². The van der Waals surface area contributed by atoms with Crippen LogP contribution in [0.4, 0.5) is 0 Å². The second-order valence-electron chi connectivity index (χ2n) is 8.36. The first kappa shape index (κ1) is 23.3. The van der Waals surface area contributed by atoms with Gasteiger partial charge in [0.05, 0.1) is 5.92 Å². The van der Waals surface area contributed by atoms with Crippen LogP contribution < -0.4 is 0 Å². The van der Waals surface area contributed by atoms with Crippen molar-refractivity contribution in [3.05, 3.63) is 108 Å². The van der Waals surface area contributed by atoms with Crippen molar-refractivity contribution in [3.8, 4) is 11.8 Å². The Balaban J connectivity index is 1.47. The Morgan fingerprint density at radius 2 is 1.41 bits per heavy atom. The molecule has 3 aromatic rings. The summed E-state index contributed by atoms with van der Waals surface area (Å²) in [5, 5.41) is 9.97. The van der Waals surface area contributed by atoms with Crippen molar-refractivity contribution in [2.45, 2.75) is 18.4 Å². The summed E-state index contributed by atoms with van der Waals surface area (Å²) >= 11 is 0. The zero-order valence-electron chi connectivity index (χ0n) is 19.0. The Bertz CT molecular complexity index is 1110. The fraction of sp³-hybridized carbons (Fsp3) is 0.241. The Kier molecular flexibility index (Phi) is 7.75. The third-order valence-corrected chi connectivity index (χ3v) is 6.10. The number of piperazine rings is 1. The topological polar surface area (TPSA) is 60.9 Å². The van der Waals surface area contributed by atoms with E-state index in [1.807, 2.05) is 91.0 Å². The number of carboxylic acids is 1. The van der Waals surface area contributed by atoms with Gasteiger partial charge in [0.1, 0.15) is 6.04 Å². The molecule has 1 aliphatic rings. The number of rotatable bonds is 6. The first-order valence-corrected chi connectivity index (χ1v) is 11.5. The van der Waals surface area contributed by atoms with Crippen molar-refractivity contribution in [2.75, 3.05) is 26.2 Å². The number of aliphatic carboxylic acids is 1. The van der Waals surface area contributed by atoms with Gasteiger partial charge in [-0.05, 0) is 23.3 Å². The number of hydrogen-bond acceptors (Lipinski definition) is 3. The molecule has 0 saturated carbocycles. The number of carbonyl (C=O) groups excluding carboxylic acids is 1. The Labute approximate surface area is 200 Å². The summed E-state index contributed by atoms with van der Waals surface area (Å²) in [5.74, 6) is 4.62. The average molecular weight is 453 g/mol. The summed E-state index contributed by atoms with van der Waals surface area (Å²) in [6.07, 6.45) is 0.645. The number of amides is 1. The van der Waals surface area contributed by atoms with Crippen molar-refractivity contribution in [3.63, 3.8) is 0 Å². The highest BCUT2D eigenvalue weighted by Crippen LogP contribution is 2.28. The van der Waals surface area contributed by atoms with Gasteiger partial charge >= 0.3 is 5.97 Å². The van der Waals surface area contributed by atoms with E-state index in [2.05, 4.69) is 16.7 Å². The van der Waals surface area contributed by atoms with Gasteiger partial charge in [-0.15, -0.1) is 0 Å². The van der Waals surface area contributed by atoms with Crippen LogP contribution in [0.15, 0.2) is 91.0 Å². The van der Waals surface area contributed by atoms with Crippen LogP contribution in [-0.4, -0.2) is 59.0 Å². The number of carbonyl (C=O) groups is 2. The summed E-state index contributed by atoms with van der Waals surface area (Å²) in [6, 6.07) is 28.0.